The second-order valence-electron chi connectivity index (χ2n) is 4.39. The van der Waals surface area contributed by atoms with Crippen LogP contribution >= 0.6 is 0 Å². The molecule has 1 aromatic rings. The van der Waals surface area contributed by atoms with Gasteiger partial charge in [0, 0.05) is 25.4 Å². The van der Waals surface area contributed by atoms with E-state index in [0.717, 1.165) is 12.1 Å². The number of primary amides is 1. The number of amides is 2. The lowest BCUT2D eigenvalue weighted by atomic mass is 10.1. The molecule has 1 rings (SSSR count). The molecule has 6 nitrogen and oxygen atoms in total. The Kier molecular flexibility index (Phi) is 7.64. The van der Waals surface area contributed by atoms with Crippen molar-refractivity contribution in [2.24, 2.45) is 5.73 Å². The van der Waals surface area contributed by atoms with E-state index < -0.39 is 6.03 Å². The molecule has 0 heterocycles. The third kappa shape index (κ3) is 6.51. The fourth-order valence-corrected chi connectivity index (χ4v) is 1.71. The zero-order valence-electron chi connectivity index (χ0n) is 12.0. The highest BCUT2D eigenvalue weighted by Gasteiger charge is 2.04. The molecule has 6 heteroatoms. The number of nitrogens with one attached hydrogen (secondary N) is 2. The number of hydrogen-bond donors (Lipinski definition) is 3. The molecule has 0 bridgehead atoms. The van der Waals surface area contributed by atoms with Crippen LogP contribution in [-0.4, -0.2) is 39.5 Å². The second-order valence-corrected chi connectivity index (χ2v) is 4.39. The van der Waals surface area contributed by atoms with Crippen LogP contribution in [0.3, 0.4) is 0 Å². The van der Waals surface area contributed by atoms with Gasteiger partial charge >= 0.3 is 6.03 Å². The van der Waals surface area contributed by atoms with Crippen molar-refractivity contribution < 1.29 is 14.3 Å². The van der Waals surface area contributed by atoms with E-state index in [9.17, 15) is 4.79 Å². The van der Waals surface area contributed by atoms with Crippen LogP contribution in [0, 0.1) is 0 Å². The van der Waals surface area contributed by atoms with E-state index in [1.807, 2.05) is 24.3 Å². The normalized spacial score (nSPS) is 12.1. The molecule has 20 heavy (non-hydrogen) atoms. The van der Waals surface area contributed by atoms with E-state index in [2.05, 4.69) is 17.6 Å². The van der Waals surface area contributed by atoms with Crippen molar-refractivity contribution in [3.8, 4) is 0 Å². The van der Waals surface area contributed by atoms with Gasteiger partial charge in [-0.05, 0) is 24.6 Å². The highest BCUT2D eigenvalue weighted by atomic mass is 16.5. The van der Waals surface area contributed by atoms with E-state index >= 15 is 0 Å². The predicted octanol–water partition coefficient (Wildman–Crippen LogP) is 1.49. The minimum atomic E-state index is -0.558. The molecular formula is C14H23N3O3. The molecule has 0 fully saturated rings. The van der Waals surface area contributed by atoms with Gasteiger partial charge in [0.25, 0.3) is 0 Å². The third-order valence-electron chi connectivity index (χ3n) is 2.81. The summed E-state index contributed by atoms with van der Waals surface area (Å²) in [6, 6.07) is 7.21. The quantitative estimate of drug-likeness (QED) is 0.599. The summed E-state index contributed by atoms with van der Waals surface area (Å²) < 4.78 is 10.3. The van der Waals surface area contributed by atoms with Gasteiger partial charge in [0.15, 0.2) is 0 Å². The van der Waals surface area contributed by atoms with Crippen molar-refractivity contribution >= 4 is 11.7 Å². The molecule has 4 N–H and O–H groups in total. The first kappa shape index (κ1) is 16.4. The molecule has 0 radical (unpaired) electrons. The van der Waals surface area contributed by atoms with Crippen LogP contribution in [0.5, 0.6) is 0 Å². The summed E-state index contributed by atoms with van der Waals surface area (Å²) in [6.45, 7) is 4.72. The molecular weight excluding hydrogens is 258 g/mol. The third-order valence-corrected chi connectivity index (χ3v) is 2.81. The zero-order valence-corrected chi connectivity index (χ0v) is 12.0. The Hall–Kier alpha value is -1.63. The number of carbonyl (C=O) groups is 1. The fourth-order valence-electron chi connectivity index (χ4n) is 1.71. The van der Waals surface area contributed by atoms with Crippen molar-refractivity contribution in [3.63, 3.8) is 0 Å². The molecule has 1 aromatic carbocycles. The predicted molar refractivity (Wildman–Crippen MR) is 78.8 cm³/mol. The number of methoxy groups -OCH3 is 1. The number of rotatable bonds is 9. The first-order valence-electron chi connectivity index (χ1n) is 6.60. The molecule has 0 aliphatic carbocycles. The topological polar surface area (TPSA) is 85.6 Å². The standard InChI is InChI=1S/C14H23N3O3/c1-11(16-7-8-20-10-9-19-2)12-3-5-13(6-4-12)17-14(15)18/h3-6,11,16H,7-10H2,1-2H3,(H3,15,17,18). The Morgan fingerprint density at radius 1 is 1.25 bits per heavy atom. The summed E-state index contributed by atoms with van der Waals surface area (Å²) in [4.78, 5) is 10.7. The van der Waals surface area contributed by atoms with Gasteiger partial charge in [0.05, 0.1) is 19.8 Å². The number of urea groups is 1. The molecule has 1 unspecified atom stereocenters. The van der Waals surface area contributed by atoms with Crippen LogP contribution < -0.4 is 16.4 Å². The van der Waals surface area contributed by atoms with Gasteiger partial charge in [0.1, 0.15) is 0 Å². The maximum Gasteiger partial charge on any atom is 0.316 e. The average molecular weight is 281 g/mol. The summed E-state index contributed by atoms with van der Waals surface area (Å²) in [5, 5.41) is 5.89. The Balaban J connectivity index is 2.28. The largest absolute Gasteiger partial charge is 0.382 e. The van der Waals surface area contributed by atoms with E-state index in [4.69, 9.17) is 15.2 Å². The van der Waals surface area contributed by atoms with Gasteiger partial charge in [-0.3, -0.25) is 0 Å². The average Bonchev–Trinajstić information content (AvgIpc) is 2.42. The van der Waals surface area contributed by atoms with Crippen molar-refractivity contribution in [3.05, 3.63) is 29.8 Å². The number of carbonyl (C=O) groups excluding carboxylic acids is 1. The SMILES string of the molecule is COCCOCCNC(C)c1ccc(NC(N)=O)cc1. The maximum absolute atomic E-state index is 10.7. The van der Waals surface area contributed by atoms with Crippen molar-refractivity contribution in [1.29, 1.82) is 0 Å². The van der Waals surface area contributed by atoms with Crippen LogP contribution in [0.15, 0.2) is 24.3 Å². The van der Waals surface area contributed by atoms with E-state index in [1.54, 1.807) is 7.11 Å². The van der Waals surface area contributed by atoms with Crippen molar-refractivity contribution in [2.45, 2.75) is 13.0 Å². The number of anilines is 1. The minimum absolute atomic E-state index is 0.212. The first-order chi connectivity index (χ1) is 9.63. The Morgan fingerprint density at radius 2 is 1.95 bits per heavy atom. The minimum Gasteiger partial charge on any atom is -0.382 e. The maximum atomic E-state index is 10.7. The number of ether oxygens (including phenoxy) is 2. The van der Waals surface area contributed by atoms with Crippen LogP contribution in [0.4, 0.5) is 10.5 Å². The molecule has 0 aromatic heterocycles. The molecule has 0 aliphatic heterocycles. The Morgan fingerprint density at radius 3 is 2.55 bits per heavy atom. The summed E-state index contributed by atoms with van der Waals surface area (Å²) in [5.74, 6) is 0. The molecule has 0 saturated carbocycles. The summed E-state index contributed by atoms with van der Waals surface area (Å²) >= 11 is 0. The van der Waals surface area contributed by atoms with Gasteiger partial charge in [-0.15, -0.1) is 0 Å². The van der Waals surface area contributed by atoms with E-state index in [0.29, 0.717) is 25.5 Å². The first-order valence-corrected chi connectivity index (χ1v) is 6.60. The summed E-state index contributed by atoms with van der Waals surface area (Å²) in [6.07, 6.45) is 0. The fraction of sp³-hybridized carbons (Fsp3) is 0.500. The lowest BCUT2D eigenvalue weighted by Crippen LogP contribution is -2.24. The lowest BCUT2D eigenvalue weighted by Gasteiger charge is -2.15. The lowest BCUT2D eigenvalue weighted by molar-refractivity contribution is 0.0712. The molecule has 0 spiro atoms. The highest BCUT2D eigenvalue weighted by molar-refractivity contribution is 5.87. The van der Waals surface area contributed by atoms with Crippen molar-refractivity contribution in [1.82, 2.24) is 5.32 Å². The van der Waals surface area contributed by atoms with Crippen molar-refractivity contribution in [2.75, 3.05) is 38.8 Å². The smallest absolute Gasteiger partial charge is 0.316 e. The van der Waals surface area contributed by atoms with Crippen LogP contribution in [-0.2, 0) is 9.47 Å². The van der Waals surface area contributed by atoms with Gasteiger partial charge in [-0.25, -0.2) is 4.79 Å². The Labute approximate surface area is 119 Å². The van der Waals surface area contributed by atoms with E-state index in [1.165, 1.54) is 0 Å². The number of benzene rings is 1. The second kappa shape index (κ2) is 9.30. The van der Waals surface area contributed by atoms with Crippen LogP contribution in [0.25, 0.3) is 0 Å². The molecule has 0 aliphatic rings. The summed E-state index contributed by atoms with van der Waals surface area (Å²) in [7, 11) is 1.65. The van der Waals surface area contributed by atoms with Gasteiger partial charge < -0.3 is 25.8 Å². The highest BCUT2D eigenvalue weighted by Crippen LogP contribution is 2.15. The van der Waals surface area contributed by atoms with Gasteiger partial charge in [-0.2, -0.15) is 0 Å². The van der Waals surface area contributed by atoms with Crippen LogP contribution in [0.2, 0.25) is 0 Å². The van der Waals surface area contributed by atoms with Crippen LogP contribution in [0.1, 0.15) is 18.5 Å². The van der Waals surface area contributed by atoms with Gasteiger partial charge in [0.2, 0.25) is 0 Å². The number of hydrogen-bond acceptors (Lipinski definition) is 4. The van der Waals surface area contributed by atoms with Gasteiger partial charge in [-0.1, -0.05) is 12.1 Å². The molecule has 112 valence electrons. The summed E-state index contributed by atoms with van der Waals surface area (Å²) in [5.41, 5.74) is 6.88. The molecule has 0 saturated heterocycles. The number of nitrogens with two attached hydrogens (primary N) is 1. The van der Waals surface area contributed by atoms with E-state index in [-0.39, 0.29) is 6.04 Å². The Bertz CT molecular complexity index is 395. The molecule has 2 amide bonds. The monoisotopic (exact) mass is 281 g/mol. The molecule has 1 atom stereocenters. The zero-order chi connectivity index (χ0) is 14.8.